The molecule has 14 heteroatoms. The number of carbonyl (C=O) groups excluding carboxylic acids is 3. The van der Waals surface area contributed by atoms with Gasteiger partial charge >= 0.3 is 11.9 Å². The summed E-state index contributed by atoms with van der Waals surface area (Å²) in [5.41, 5.74) is -1.77. The first-order valence-corrected chi connectivity index (χ1v) is 30.1. The van der Waals surface area contributed by atoms with Gasteiger partial charge in [-0.3, -0.25) is 24.2 Å². The Morgan fingerprint density at radius 1 is 0.831 bits per heavy atom. The Labute approximate surface area is 459 Å². The lowest BCUT2D eigenvalue weighted by molar-refractivity contribution is -0.203. The number of piperidine rings is 1. The average molecular weight is 1060 g/mol. The van der Waals surface area contributed by atoms with Gasteiger partial charge in [0.1, 0.15) is 23.9 Å². The highest BCUT2D eigenvalue weighted by molar-refractivity contribution is 5.95. The van der Waals surface area contributed by atoms with E-state index in [-0.39, 0.29) is 31.1 Å². The number of carbonyl (C=O) groups is 3. The Morgan fingerprint density at radius 3 is 2.18 bits per heavy atom. The van der Waals surface area contributed by atoms with Crippen LogP contribution in [0, 0.1) is 11.3 Å². The van der Waals surface area contributed by atoms with Crippen molar-refractivity contribution in [3.8, 4) is 5.75 Å². The summed E-state index contributed by atoms with van der Waals surface area (Å²) in [6.07, 6.45) is 24.7. The summed E-state index contributed by atoms with van der Waals surface area (Å²) in [5, 5.41) is 42.6. The lowest BCUT2D eigenvalue weighted by atomic mass is 9.47. The standard InChI is InChI=1S/C63H93N5O9/c1-7-10-11-12-13-14-15-16-17-18-19-20-21-22-23-29-52(69)77-37-33-64-57(71)63(74)55-61(32-36-68-34-26-31-60(9-3,54(61)68)56(63)70)47-38-48(51(75-5)39-50(47)66(55)4)62(58(72)76-6)41-44-40-59(73,8-2)43-67(42-44)35-30-46-45-27-24-25-28-49(45)65-53(46)62/h24-28,31,38-39,44,54-56,65,70,73-74H,7-23,29-30,32-37,40-43H2,1-6H3,(H,64,71)/t44-,54+,55-,56-,59+,60-,61-,62+,63+/m1/s1. The number of nitrogens with one attached hydrogen (secondary N) is 2. The molecule has 6 heterocycles. The number of likely N-dealkylation sites (N-methyl/N-ethyl adjacent to an activating group) is 1. The van der Waals surface area contributed by atoms with Crippen molar-refractivity contribution in [2.45, 2.75) is 202 Å². The molecule has 3 aromatic rings. The molecule has 2 bridgehead atoms. The number of ether oxygens (including phenoxy) is 3. The number of nitrogens with zero attached hydrogens (tertiary/aromatic N) is 3. The van der Waals surface area contributed by atoms with Gasteiger partial charge in [-0.05, 0) is 80.7 Å². The van der Waals surface area contributed by atoms with E-state index in [1.807, 2.05) is 56.1 Å². The smallest absolute Gasteiger partial charge is 0.322 e. The van der Waals surface area contributed by atoms with Gasteiger partial charge in [0.15, 0.2) is 5.60 Å². The van der Waals surface area contributed by atoms with Gasteiger partial charge in [0, 0.05) is 90.4 Å². The third-order valence-corrected chi connectivity index (χ3v) is 19.8. The third-order valence-electron chi connectivity index (χ3n) is 19.8. The number of aromatic nitrogens is 1. The van der Waals surface area contributed by atoms with Crippen LogP contribution >= 0.6 is 0 Å². The number of H-pyrrole nitrogens is 1. The molecule has 1 unspecified atom stereocenters. The fraction of sp³-hybridized carbons (Fsp3) is 0.698. The van der Waals surface area contributed by atoms with Crippen molar-refractivity contribution in [2.24, 2.45) is 11.3 Å². The summed E-state index contributed by atoms with van der Waals surface area (Å²) < 4.78 is 18.1. The zero-order valence-electron chi connectivity index (χ0n) is 47.6. The predicted octanol–water partition coefficient (Wildman–Crippen LogP) is 9.17. The van der Waals surface area contributed by atoms with Gasteiger partial charge in [0.25, 0.3) is 5.91 Å². The maximum absolute atomic E-state index is 15.5. The molecule has 1 aliphatic carbocycles. The van der Waals surface area contributed by atoms with Crippen LogP contribution in [0.4, 0.5) is 5.69 Å². The monoisotopic (exact) mass is 1060 g/mol. The van der Waals surface area contributed by atoms with Crippen LogP contribution in [0.1, 0.15) is 178 Å². The summed E-state index contributed by atoms with van der Waals surface area (Å²) in [4.78, 5) is 54.1. The number of amides is 1. The van der Waals surface area contributed by atoms with E-state index in [1.54, 1.807) is 7.11 Å². The van der Waals surface area contributed by atoms with Crippen LogP contribution in [0.3, 0.4) is 0 Å². The van der Waals surface area contributed by atoms with E-state index < -0.39 is 51.5 Å². The molecule has 6 aliphatic rings. The normalized spacial score (nSPS) is 31.1. The molecule has 0 radical (unpaired) electrons. The quantitative estimate of drug-likeness (QED) is 0.0310. The number of aromatic amines is 1. The van der Waals surface area contributed by atoms with Crippen LogP contribution in [-0.2, 0) is 41.1 Å². The Kier molecular flexibility index (Phi) is 17.9. The molecule has 77 heavy (non-hydrogen) atoms. The lowest BCUT2D eigenvalue weighted by Crippen LogP contribution is -2.81. The molecule has 1 spiro atoms. The fourth-order valence-electron chi connectivity index (χ4n) is 16.2. The fourth-order valence-corrected chi connectivity index (χ4v) is 16.2. The van der Waals surface area contributed by atoms with Crippen molar-refractivity contribution in [3.05, 3.63) is 70.9 Å². The van der Waals surface area contributed by atoms with Crippen molar-refractivity contribution in [1.82, 2.24) is 20.1 Å². The number of unbranched alkanes of at least 4 members (excludes halogenated alkanes) is 14. The molecular formula is C63H93N5O9. The topological polar surface area (TPSA) is 177 Å². The minimum atomic E-state index is -2.35. The van der Waals surface area contributed by atoms with Crippen molar-refractivity contribution in [3.63, 3.8) is 0 Å². The van der Waals surface area contributed by atoms with Gasteiger partial charge in [-0.25, -0.2) is 0 Å². The minimum absolute atomic E-state index is 0.0302. The number of benzene rings is 2. The minimum Gasteiger partial charge on any atom is -0.496 e. The molecule has 424 valence electrons. The zero-order chi connectivity index (χ0) is 54.6. The molecule has 5 N–H and O–H groups in total. The number of methoxy groups -OCH3 is 2. The van der Waals surface area contributed by atoms with E-state index in [2.05, 4.69) is 45.2 Å². The number of anilines is 1. The molecule has 3 fully saturated rings. The zero-order valence-corrected chi connectivity index (χ0v) is 47.6. The second kappa shape index (κ2) is 24.1. The second-order valence-corrected chi connectivity index (χ2v) is 24.3. The molecule has 10 atom stereocenters. The molecule has 1 saturated carbocycles. The average Bonchev–Trinajstić information content (AvgIpc) is 4.18. The van der Waals surface area contributed by atoms with E-state index in [0.29, 0.717) is 89.0 Å². The largest absolute Gasteiger partial charge is 0.496 e. The van der Waals surface area contributed by atoms with Gasteiger partial charge < -0.3 is 44.7 Å². The van der Waals surface area contributed by atoms with Crippen LogP contribution in [0.25, 0.3) is 10.9 Å². The highest BCUT2D eigenvalue weighted by atomic mass is 16.5. The van der Waals surface area contributed by atoms with Gasteiger partial charge in [0.2, 0.25) is 0 Å². The summed E-state index contributed by atoms with van der Waals surface area (Å²) >= 11 is 0. The lowest BCUT2D eigenvalue weighted by Gasteiger charge is -2.63. The van der Waals surface area contributed by atoms with Gasteiger partial charge in [-0.1, -0.05) is 141 Å². The van der Waals surface area contributed by atoms with Crippen LogP contribution in [-0.4, -0.2) is 144 Å². The number of hydrogen-bond donors (Lipinski definition) is 5. The molecule has 1 aromatic heterocycles. The number of aliphatic hydroxyl groups is 3. The van der Waals surface area contributed by atoms with E-state index in [1.165, 1.54) is 84.2 Å². The maximum Gasteiger partial charge on any atom is 0.322 e. The summed E-state index contributed by atoms with van der Waals surface area (Å²) in [6, 6.07) is 11.0. The number of fused-ring (bicyclic) bond motifs is 6. The van der Waals surface area contributed by atoms with Gasteiger partial charge in [-0.2, -0.15) is 0 Å². The number of esters is 2. The highest BCUT2D eigenvalue weighted by Gasteiger charge is 2.78. The Morgan fingerprint density at radius 2 is 1.52 bits per heavy atom. The summed E-state index contributed by atoms with van der Waals surface area (Å²) in [5.74, 6) is -1.12. The molecule has 5 aliphatic heterocycles. The first kappa shape index (κ1) is 57.2. The molecule has 2 aromatic carbocycles. The molecule has 2 saturated heterocycles. The van der Waals surface area contributed by atoms with E-state index >= 15 is 9.59 Å². The van der Waals surface area contributed by atoms with Crippen molar-refractivity contribution in [1.29, 1.82) is 0 Å². The van der Waals surface area contributed by atoms with Gasteiger partial charge in [0.05, 0.1) is 32.4 Å². The first-order chi connectivity index (χ1) is 37.2. The van der Waals surface area contributed by atoms with Gasteiger partial charge in [-0.15, -0.1) is 0 Å². The first-order valence-electron chi connectivity index (χ1n) is 30.1. The maximum atomic E-state index is 15.5. The van der Waals surface area contributed by atoms with Crippen LogP contribution in [0.5, 0.6) is 5.75 Å². The molecule has 14 nitrogen and oxygen atoms in total. The molecule has 1 amide bonds. The van der Waals surface area contributed by atoms with E-state index in [4.69, 9.17) is 14.2 Å². The van der Waals surface area contributed by atoms with Crippen molar-refractivity contribution in [2.75, 3.05) is 72.0 Å². The van der Waals surface area contributed by atoms with Crippen LogP contribution in [0.2, 0.25) is 0 Å². The van der Waals surface area contributed by atoms with Crippen molar-refractivity contribution >= 4 is 34.4 Å². The summed E-state index contributed by atoms with van der Waals surface area (Å²) in [6.45, 7) is 9.49. The number of aliphatic hydroxyl groups excluding tert-OH is 1. The van der Waals surface area contributed by atoms with Crippen LogP contribution < -0.4 is 15.0 Å². The number of hydrogen-bond acceptors (Lipinski definition) is 12. The van der Waals surface area contributed by atoms with E-state index in [9.17, 15) is 20.1 Å². The number of rotatable bonds is 25. The molecule has 9 rings (SSSR count). The van der Waals surface area contributed by atoms with Crippen LogP contribution in [0.15, 0.2) is 48.6 Å². The number of para-hydroxylation sites is 1. The molecular weight excluding hydrogens is 971 g/mol. The summed E-state index contributed by atoms with van der Waals surface area (Å²) in [7, 11) is 4.94. The van der Waals surface area contributed by atoms with E-state index in [0.717, 1.165) is 52.7 Å². The Hall–Kier alpha value is -4.47. The van der Waals surface area contributed by atoms with Crippen molar-refractivity contribution < 1.29 is 43.9 Å². The SMILES string of the molecule is CCCCCCCCCCCCCCCCCC(=O)OCCNC(=O)[C@@]1(O)[C@H](O)[C@]2(CC)C=CCN3CC[C@@]4(c5cc([C@@]6(C(=O)OC)C[C@@H]7CN(CCc8c6[nH]c6ccccc86)C[C@](O)(CC)C7)c(OC)cc5N(C)[C@@H]14)[C@@H]32. The Balaban J connectivity index is 0.972. The second-order valence-electron chi connectivity index (χ2n) is 24.3. The Bertz CT molecular complexity index is 2580. The highest BCUT2D eigenvalue weighted by Crippen LogP contribution is 2.67. The third kappa shape index (κ3) is 10.3. The predicted molar refractivity (Wildman–Crippen MR) is 302 cm³/mol.